The monoisotopic (exact) mass is 504 g/mol. The van der Waals surface area contributed by atoms with Crippen LogP contribution in [0.2, 0.25) is 0 Å². The van der Waals surface area contributed by atoms with Gasteiger partial charge in [-0.2, -0.15) is 0 Å². The van der Waals surface area contributed by atoms with Crippen molar-refractivity contribution >= 4 is 34.9 Å². The van der Waals surface area contributed by atoms with Gasteiger partial charge in [-0.15, -0.1) is 5.10 Å². The number of nitrogens with zero attached hydrogens (tertiary/aromatic N) is 5. The molecule has 0 saturated heterocycles. The van der Waals surface area contributed by atoms with Gasteiger partial charge in [0.25, 0.3) is 0 Å². The summed E-state index contributed by atoms with van der Waals surface area (Å²) in [6.45, 7) is 2.91. The molecule has 0 unspecified atom stereocenters. The van der Waals surface area contributed by atoms with Crippen LogP contribution in [-0.4, -0.2) is 76.0 Å². The Hall–Kier alpha value is -2.96. The number of fused-ring (bicyclic) bond motifs is 1. The van der Waals surface area contributed by atoms with Gasteiger partial charge in [-0.25, -0.2) is 19.4 Å². The highest BCUT2D eigenvalue weighted by molar-refractivity contribution is 7.99. The molecule has 4 rings (SSSR count). The highest BCUT2D eigenvalue weighted by Gasteiger charge is 2.37. The van der Waals surface area contributed by atoms with E-state index >= 15 is 0 Å². The smallest absolute Gasteiger partial charge is 0.450 e. The second kappa shape index (κ2) is 13.2. The molecule has 35 heavy (non-hydrogen) atoms. The average Bonchev–Trinajstić information content (AvgIpc) is 3.40. The number of nitrogens with one attached hydrogen (secondary N) is 1. The van der Waals surface area contributed by atoms with E-state index in [1.54, 1.807) is 16.4 Å². The van der Waals surface area contributed by atoms with E-state index in [4.69, 9.17) is 15.0 Å². The van der Waals surface area contributed by atoms with Gasteiger partial charge in [0.15, 0.2) is 22.1 Å². The first-order valence-corrected chi connectivity index (χ1v) is 12.7. The number of rotatable bonds is 10. The Bertz CT molecular complexity index is 1080. The molecule has 1 aromatic carbocycles. The lowest BCUT2D eigenvalue weighted by Gasteiger charge is -2.16. The number of aromatic nitrogens is 5. The van der Waals surface area contributed by atoms with Crippen molar-refractivity contribution in [3.05, 3.63) is 35.9 Å². The third-order valence-corrected chi connectivity index (χ3v) is 6.68. The molecule has 1 saturated carbocycles. The van der Waals surface area contributed by atoms with Crippen molar-refractivity contribution in [1.29, 1.82) is 0 Å². The minimum Gasteiger partial charge on any atom is -0.450 e. The van der Waals surface area contributed by atoms with E-state index in [-0.39, 0.29) is 6.04 Å². The molecule has 0 amide bonds. The number of hydrogen-bond donors (Lipinski definition) is 5. The molecule has 0 spiro atoms. The Kier molecular flexibility index (Phi) is 10.1. The summed E-state index contributed by atoms with van der Waals surface area (Å²) in [5.41, 5.74) is 2.57. The van der Waals surface area contributed by atoms with E-state index in [0.717, 1.165) is 38.0 Å². The lowest BCUT2D eigenvalue weighted by atomic mass is 10.1. The molecule has 1 aliphatic carbocycles. The fraction of sp³-hybridized carbons (Fsp3) is 0.522. The first-order chi connectivity index (χ1) is 16.9. The summed E-state index contributed by atoms with van der Waals surface area (Å²) < 4.78 is 1.66. The Morgan fingerprint density at radius 3 is 2.54 bits per heavy atom. The van der Waals surface area contributed by atoms with Gasteiger partial charge in [0.2, 0.25) is 0 Å². The molecule has 2 aromatic heterocycles. The van der Waals surface area contributed by atoms with Crippen molar-refractivity contribution in [3.63, 3.8) is 0 Å². The number of aliphatic hydroxyl groups is 2. The summed E-state index contributed by atoms with van der Waals surface area (Å²) in [5.74, 6) is 1.61. The molecule has 1 aliphatic rings. The summed E-state index contributed by atoms with van der Waals surface area (Å²) in [5, 5.41) is 46.9. The molecule has 0 bridgehead atoms. The standard InChI is InChI=1S/C22H30N6O2S.CH2O3/c1-2-14-31-22-24-20(23-13-7-6-10-15-8-4-3-5-9-15)18-21(25-22)28(27-26-18)16-11-12-17(29)19(16)30;2-1(3)4/h3-5,8-9,16-17,19,29-30H,2,6-7,10-14H2,1H3,(H,23,24,25);(H2,2,3,4)/t16-,17-,19+;/m1./s1. The molecule has 3 aromatic rings. The van der Waals surface area contributed by atoms with Crippen LogP contribution in [0.3, 0.4) is 0 Å². The number of unbranched alkanes of at least 4 members (excludes halogenated alkanes) is 1. The molecule has 0 aliphatic heterocycles. The van der Waals surface area contributed by atoms with Crippen LogP contribution in [0.25, 0.3) is 11.2 Å². The molecule has 5 N–H and O–H groups in total. The highest BCUT2D eigenvalue weighted by Crippen LogP contribution is 2.33. The minimum absolute atomic E-state index is 0.322. The molecule has 2 heterocycles. The van der Waals surface area contributed by atoms with Crippen LogP contribution in [0, 0.1) is 0 Å². The number of benzene rings is 1. The Labute approximate surface area is 207 Å². The van der Waals surface area contributed by atoms with Crippen molar-refractivity contribution in [2.75, 3.05) is 17.6 Å². The number of aryl methyl sites for hydroxylation is 1. The second-order valence-corrected chi connectivity index (χ2v) is 9.33. The predicted octanol–water partition coefficient (Wildman–Crippen LogP) is 3.44. The number of aliphatic hydroxyl groups excluding tert-OH is 2. The van der Waals surface area contributed by atoms with Crippen molar-refractivity contribution < 1.29 is 25.2 Å². The normalized spacial score (nSPS) is 19.3. The minimum atomic E-state index is -1.83. The number of anilines is 1. The zero-order valence-corrected chi connectivity index (χ0v) is 20.4. The third-order valence-electron chi connectivity index (χ3n) is 5.63. The van der Waals surface area contributed by atoms with Crippen molar-refractivity contribution in [1.82, 2.24) is 25.0 Å². The van der Waals surface area contributed by atoms with Crippen LogP contribution >= 0.6 is 11.8 Å². The SMILES string of the molecule is CCCSc1nc(NCCCCc2ccccc2)c2nnn([C@@H]3CC[C@@H](O)[C@H]3O)c2n1.O=C(O)O. The molecule has 11 nitrogen and oxygen atoms in total. The van der Waals surface area contributed by atoms with Gasteiger partial charge < -0.3 is 25.7 Å². The average molecular weight is 505 g/mol. The quantitative estimate of drug-likeness (QED) is 0.156. The number of hydrogen-bond acceptors (Lipinski definition) is 9. The van der Waals surface area contributed by atoms with E-state index in [9.17, 15) is 10.2 Å². The van der Waals surface area contributed by atoms with E-state index < -0.39 is 18.4 Å². The first-order valence-electron chi connectivity index (χ1n) is 11.7. The highest BCUT2D eigenvalue weighted by atomic mass is 32.2. The van der Waals surface area contributed by atoms with Gasteiger partial charge in [0, 0.05) is 12.3 Å². The number of thioether (sulfide) groups is 1. The van der Waals surface area contributed by atoms with Crippen LogP contribution in [0.5, 0.6) is 0 Å². The van der Waals surface area contributed by atoms with Crippen LogP contribution in [-0.2, 0) is 6.42 Å². The second-order valence-electron chi connectivity index (χ2n) is 8.26. The Balaban J connectivity index is 0.000000795. The Morgan fingerprint density at radius 1 is 1.14 bits per heavy atom. The summed E-state index contributed by atoms with van der Waals surface area (Å²) in [7, 11) is 0. The maximum atomic E-state index is 10.4. The van der Waals surface area contributed by atoms with Gasteiger partial charge in [-0.05, 0) is 44.1 Å². The van der Waals surface area contributed by atoms with Crippen LogP contribution in [0.4, 0.5) is 10.6 Å². The zero-order chi connectivity index (χ0) is 25.2. The summed E-state index contributed by atoms with van der Waals surface area (Å²) in [4.78, 5) is 17.9. The molecular formula is C23H32N6O5S. The van der Waals surface area contributed by atoms with Crippen molar-refractivity contribution in [2.24, 2.45) is 0 Å². The molecule has 3 atom stereocenters. The van der Waals surface area contributed by atoms with Gasteiger partial charge in [-0.1, -0.05) is 54.2 Å². The van der Waals surface area contributed by atoms with Crippen LogP contribution in [0.15, 0.2) is 35.5 Å². The molecule has 190 valence electrons. The first kappa shape index (κ1) is 26.6. The van der Waals surface area contributed by atoms with Gasteiger partial charge >= 0.3 is 6.16 Å². The fourth-order valence-corrected chi connectivity index (χ4v) is 4.62. The van der Waals surface area contributed by atoms with Crippen LogP contribution < -0.4 is 5.32 Å². The largest absolute Gasteiger partial charge is 0.503 e. The molecule has 1 fully saturated rings. The molecular weight excluding hydrogens is 472 g/mol. The lowest BCUT2D eigenvalue weighted by Crippen LogP contribution is -2.28. The van der Waals surface area contributed by atoms with Crippen molar-refractivity contribution in [2.45, 2.75) is 68.9 Å². The molecule has 12 heteroatoms. The van der Waals surface area contributed by atoms with E-state index in [0.29, 0.717) is 35.0 Å². The van der Waals surface area contributed by atoms with Crippen molar-refractivity contribution in [3.8, 4) is 0 Å². The summed E-state index contributed by atoms with van der Waals surface area (Å²) in [6.07, 6.45) is 1.94. The molecule has 0 radical (unpaired) electrons. The van der Waals surface area contributed by atoms with Gasteiger partial charge in [0.05, 0.1) is 12.1 Å². The lowest BCUT2D eigenvalue weighted by molar-refractivity contribution is 0.0215. The van der Waals surface area contributed by atoms with E-state index in [1.807, 2.05) is 6.07 Å². The van der Waals surface area contributed by atoms with Gasteiger partial charge in [-0.3, -0.25) is 0 Å². The van der Waals surface area contributed by atoms with Crippen LogP contribution in [0.1, 0.15) is 50.6 Å². The maximum Gasteiger partial charge on any atom is 0.503 e. The van der Waals surface area contributed by atoms with E-state index in [2.05, 4.69) is 56.8 Å². The maximum absolute atomic E-state index is 10.4. The fourth-order valence-electron chi connectivity index (χ4n) is 3.93. The predicted molar refractivity (Wildman–Crippen MR) is 133 cm³/mol. The topological polar surface area (TPSA) is 167 Å². The zero-order valence-electron chi connectivity index (χ0n) is 19.6. The Morgan fingerprint density at radius 2 is 1.89 bits per heavy atom. The summed E-state index contributed by atoms with van der Waals surface area (Å²) >= 11 is 1.60. The third kappa shape index (κ3) is 7.51. The summed E-state index contributed by atoms with van der Waals surface area (Å²) in [6, 6.07) is 10.2. The number of carbonyl (C=O) groups is 1. The number of carboxylic acid groups (broad SMARTS) is 2. The van der Waals surface area contributed by atoms with Gasteiger partial charge in [0.1, 0.15) is 6.10 Å². The van der Waals surface area contributed by atoms with E-state index in [1.165, 1.54) is 5.56 Å².